The van der Waals surface area contributed by atoms with Gasteiger partial charge in [-0.15, -0.1) is 0 Å². The van der Waals surface area contributed by atoms with Crippen molar-refractivity contribution in [3.8, 4) is 0 Å². The summed E-state index contributed by atoms with van der Waals surface area (Å²) >= 11 is 0. The normalized spacial score (nSPS) is 12.6. The molecule has 0 amide bonds. The fourth-order valence-electron chi connectivity index (χ4n) is 1.51. The third-order valence-electron chi connectivity index (χ3n) is 2.45. The van der Waals surface area contributed by atoms with Crippen molar-refractivity contribution in [2.75, 3.05) is 20.1 Å². The zero-order valence-corrected chi connectivity index (χ0v) is 11.3. The lowest BCUT2D eigenvalue weighted by molar-refractivity contribution is 0.350. The zero-order chi connectivity index (χ0) is 12.9. The van der Waals surface area contributed by atoms with Crippen LogP contribution in [-0.2, 0) is 10.0 Å². The summed E-state index contributed by atoms with van der Waals surface area (Å²) in [5, 5.41) is 3.05. The van der Waals surface area contributed by atoms with Gasteiger partial charge in [-0.2, -0.15) is 0 Å². The number of hydrogen-bond acceptors (Lipinski definition) is 3. The van der Waals surface area contributed by atoms with Crippen LogP contribution in [0.3, 0.4) is 0 Å². The van der Waals surface area contributed by atoms with Crippen LogP contribution in [-0.4, -0.2) is 28.6 Å². The van der Waals surface area contributed by atoms with E-state index in [0.717, 1.165) is 6.54 Å². The summed E-state index contributed by atoms with van der Waals surface area (Å²) in [6, 6.07) is 8.41. The maximum Gasteiger partial charge on any atom is 0.240 e. The number of sulfonamides is 1. The molecule has 1 aromatic rings. The molecule has 0 aliphatic heterocycles. The Labute approximate surface area is 103 Å². The molecule has 0 aliphatic rings. The van der Waals surface area contributed by atoms with Crippen LogP contribution >= 0.6 is 0 Å². The van der Waals surface area contributed by atoms with Crippen molar-refractivity contribution < 1.29 is 8.42 Å². The lowest BCUT2D eigenvalue weighted by Crippen LogP contribution is -2.39. The molecule has 1 rings (SSSR count). The number of benzene rings is 1. The smallest absolute Gasteiger partial charge is 0.240 e. The van der Waals surface area contributed by atoms with E-state index in [1.54, 1.807) is 30.3 Å². The van der Waals surface area contributed by atoms with E-state index in [2.05, 4.69) is 10.0 Å². The fourth-order valence-corrected chi connectivity index (χ4v) is 2.78. The first-order valence-electron chi connectivity index (χ1n) is 5.57. The third kappa shape index (κ3) is 4.46. The molecular formula is C12H20N2O2S. The number of nitrogens with one attached hydrogen (secondary N) is 2. The van der Waals surface area contributed by atoms with Gasteiger partial charge < -0.3 is 5.32 Å². The van der Waals surface area contributed by atoms with Gasteiger partial charge in [-0.25, -0.2) is 13.1 Å². The van der Waals surface area contributed by atoms with Gasteiger partial charge in [0.25, 0.3) is 0 Å². The Morgan fingerprint density at radius 2 is 1.71 bits per heavy atom. The maximum absolute atomic E-state index is 12.0. The molecule has 0 heterocycles. The van der Waals surface area contributed by atoms with Gasteiger partial charge in [-0.05, 0) is 24.6 Å². The summed E-state index contributed by atoms with van der Waals surface area (Å²) in [4.78, 5) is 0.306. The first-order valence-corrected chi connectivity index (χ1v) is 7.05. The van der Waals surface area contributed by atoms with Crippen LogP contribution in [0.2, 0.25) is 0 Å². The largest absolute Gasteiger partial charge is 0.319 e. The molecule has 4 nitrogen and oxygen atoms in total. The van der Waals surface area contributed by atoms with Crippen molar-refractivity contribution in [3.05, 3.63) is 30.3 Å². The molecule has 0 atom stereocenters. The van der Waals surface area contributed by atoms with Gasteiger partial charge in [0.1, 0.15) is 0 Å². The lowest BCUT2D eigenvalue weighted by Gasteiger charge is -2.24. The quantitative estimate of drug-likeness (QED) is 0.804. The maximum atomic E-state index is 12.0. The molecule has 0 fully saturated rings. The van der Waals surface area contributed by atoms with Crippen LogP contribution in [0.15, 0.2) is 35.2 Å². The summed E-state index contributed by atoms with van der Waals surface area (Å²) in [5.74, 6) is 0. The molecule has 17 heavy (non-hydrogen) atoms. The molecule has 0 saturated carbocycles. The highest BCUT2D eigenvalue weighted by Crippen LogP contribution is 2.14. The first kappa shape index (κ1) is 14.2. The van der Waals surface area contributed by atoms with Gasteiger partial charge in [-0.3, -0.25) is 0 Å². The highest BCUT2D eigenvalue weighted by Gasteiger charge is 2.21. The molecule has 96 valence electrons. The minimum Gasteiger partial charge on any atom is -0.319 e. The Morgan fingerprint density at radius 1 is 1.12 bits per heavy atom. The molecule has 0 aromatic heterocycles. The molecule has 5 heteroatoms. The number of rotatable bonds is 6. The van der Waals surface area contributed by atoms with E-state index in [0.29, 0.717) is 11.4 Å². The zero-order valence-electron chi connectivity index (χ0n) is 10.5. The summed E-state index contributed by atoms with van der Waals surface area (Å²) in [7, 11) is -1.53. The van der Waals surface area contributed by atoms with Crippen LogP contribution in [0, 0.1) is 5.41 Å². The summed E-state index contributed by atoms with van der Waals surface area (Å²) in [5.41, 5.74) is -0.114. The van der Waals surface area contributed by atoms with E-state index < -0.39 is 10.0 Å². The Balaban J connectivity index is 2.69. The van der Waals surface area contributed by atoms with Crippen LogP contribution < -0.4 is 10.0 Å². The van der Waals surface area contributed by atoms with E-state index in [4.69, 9.17) is 0 Å². The monoisotopic (exact) mass is 256 g/mol. The first-order chi connectivity index (χ1) is 7.87. The fraction of sp³-hybridized carbons (Fsp3) is 0.500. The van der Waals surface area contributed by atoms with Crippen molar-refractivity contribution in [3.63, 3.8) is 0 Å². The standard InChI is InChI=1S/C12H20N2O2S/c1-12(2,9-13-3)10-14-17(15,16)11-7-5-4-6-8-11/h4-8,13-14H,9-10H2,1-3H3. The Hall–Kier alpha value is -0.910. The molecule has 0 saturated heterocycles. The average Bonchev–Trinajstić information content (AvgIpc) is 2.28. The molecule has 2 N–H and O–H groups in total. The van der Waals surface area contributed by atoms with Gasteiger partial charge >= 0.3 is 0 Å². The second-order valence-corrected chi connectivity index (χ2v) is 6.60. The van der Waals surface area contributed by atoms with Gasteiger partial charge in [0, 0.05) is 13.1 Å². The molecule has 1 aromatic carbocycles. The second-order valence-electron chi connectivity index (χ2n) is 4.83. The van der Waals surface area contributed by atoms with Crippen molar-refractivity contribution in [2.45, 2.75) is 18.7 Å². The average molecular weight is 256 g/mol. The van der Waals surface area contributed by atoms with Gasteiger partial charge in [0.05, 0.1) is 4.90 Å². The highest BCUT2D eigenvalue weighted by atomic mass is 32.2. The van der Waals surface area contributed by atoms with Crippen molar-refractivity contribution in [1.29, 1.82) is 0 Å². The van der Waals surface area contributed by atoms with Gasteiger partial charge in [0.15, 0.2) is 0 Å². The van der Waals surface area contributed by atoms with Crippen LogP contribution in [0.4, 0.5) is 0 Å². The molecule has 0 radical (unpaired) electrons. The predicted octanol–water partition coefficient (Wildman–Crippen LogP) is 1.21. The summed E-state index contributed by atoms with van der Waals surface area (Å²) in [6.45, 7) is 5.18. The van der Waals surface area contributed by atoms with Crippen LogP contribution in [0.25, 0.3) is 0 Å². The third-order valence-corrected chi connectivity index (χ3v) is 3.87. The topological polar surface area (TPSA) is 58.2 Å². The molecule has 0 spiro atoms. The van der Waals surface area contributed by atoms with E-state index >= 15 is 0 Å². The lowest BCUT2D eigenvalue weighted by atomic mass is 9.94. The van der Waals surface area contributed by atoms with Gasteiger partial charge in [-0.1, -0.05) is 32.0 Å². The molecule has 0 unspecified atom stereocenters. The van der Waals surface area contributed by atoms with Gasteiger partial charge in [0.2, 0.25) is 10.0 Å². The van der Waals surface area contributed by atoms with Crippen LogP contribution in [0.1, 0.15) is 13.8 Å². The minimum atomic E-state index is -3.39. The predicted molar refractivity (Wildman–Crippen MR) is 69.3 cm³/mol. The summed E-state index contributed by atoms with van der Waals surface area (Å²) < 4.78 is 26.5. The Morgan fingerprint density at radius 3 is 2.24 bits per heavy atom. The van der Waals surface area contributed by atoms with E-state index in [1.165, 1.54) is 0 Å². The molecule has 0 bridgehead atoms. The Kier molecular flexibility index (Phi) is 4.68. The SMILES string of the molecule is CNCC(C)(C)CNS(=O)(=O)c1ccccc1. The highest BCUT2D eigenvalue weighted by molar-refractivity contribution is 7.89. The van der Waals surface area contributed by atoms with E-state index in [-0.39, 0.29) is 5.41 Å². The van der Waals surface area contributed by atoms with Crippen molar-refractivity contribution in [1.82, 2.24) is 10.0 Å². The van der Waals surface area contributed by atoms with Crippen molar-refractivity contribution >= 4 is 10.0 Å². The van der Waals surface area contributed by atoms with Crippen molar-refractivity contribution in [2.24, 2.45) is 5.41 Å². The minimum absolute atomic E-state index is 0.114. The molecule has 0 aliphatic carbocycles. The molecular weight excluding hydrogens is 236 g/mol. The summed E-state index contributed by atoms with van der Waals surface area (Å²) in [6.07, 6.45) is 0. The van der Waals surface area contributed by atoms with E-state index in [1.807, 2.05) is 20.9 Å². The Bertz CT molecular complexity index is 441. The number of hydrogen-bond donors (Lipinski definition) is 2. The van der Waals surface area contributed by atoms with Crippen LogP contribution in [0.5, 0.6) is 0 Å². The van der Waals surface area contributed by atoms with E-state index in [9.17, 15) is 8.42 Å². The second kappa shape index (κ2) is 5.62.